The predicted molar refractivity (Wildman–Crippen MR) is 150 cm³/mol. The standard InChI is InChI=1S/C29H47N5O3/c1-29(2,3)37-28(36)32-19-13-9-7-5-4-6-8-10-16-25(35)34-24-15-12-11-14-23(24)26(33-27(34)30)22-17-20-31-21-18-22/h11-12,14-15,22,26,31H,4-10,13,16-21H2,1-3H3,(H2,30,33)(H,32,36). The quantitative estimate of drug-likeness (QED) is 0.323. The second-order valence-corrected chi connectivity index (χ2v) is 11.3. The van der Waals surface area contributed by atoms with Gasteiger partial charge in [0.25, 0.3) is 0 Å². The number of guanidine groups is 1. The lowest BCUT2D eigenvalue weighted by Crippen LogP contribution is -2.46. The first kappa shape index (κ1) is 29.0. The highest BCUT2D eigenvalue weighted by molar-refractivity contribution is 6.17. The number of unbranched alkanes of at least 4 members (excludes halogenated alkanes) is 7. The average molecular weight is 514 g/mol. The number of carbonyl (C=O) groups is 2. The molecule has 2 heterocycles. The summed E-state index contributed by atoms with van der Waals surface area (Å²) in [6.45, 7) is 8.26. The first-order valence-electron chi connectivity index (χ1n) is 14.2. The SMILES string of the molecule is CC(C)(C)OC(=O)NCCCCCCCCCCC(=O)N1C(N)=NC(C2CCNCC2)c2ccccc21. The van der Waals surface area contributed by atoms with E-state index in [4.69, 9.17) is 15.5 Å². The number of fused-ring (bicyclic) bond motifs is 1. The lowest BCUT2D eigenvalue weighted by Gasteiger charge is -2.36. The average Bonchev–Trinajstić information content (AvgIpc) is 2.86. The van der Waals surface area contributed by atoms with Gasteiger partial charge in [-0.15, -0.1) is 0 Å². The van der Waals surface area contributed by atoms with E-state index in [2.05, 4.69) is 16.7 Å². The highest BCUT2D eigenvalue weighted by atomic mass is 16.6. The molecule has 0 aliphatic carbocycles. The molecule has 3 rings (SSSR count). The number of hydrogen-bond acceptors (Lipinski definition) is 6. The summed E-state index contributed by atoms with van der Waals surface area (Å²) in [6.07, 6.45) is 10.9. The summed E-state index contributed by atoms with van der Waals surface area (Å²) in [5.41, 5.74) is 7.94. The van der Waals surface area contributed by atoms with Gasteiger partial charge in [0.1, 0.15) is 5.60 Å². The minimum Gasteiger partial charge on any atom is -0.444 e. The van der Waals surface area contributed by atoms with Crippen molar-refractivity contribution in [3.63, 3.8) is 0 Å². The van der Waals surface area contributed by atoms with Gasteiger partial charge in [-0.25, -0.2) is 9.79 Å². The summed E-state index contributed by atoms with van der Waals surface area (Å²) < 4.78 is 5.24. The van der Waals surface area contributed by atoms with E-state index in [1.165, 1.54) is 12.8 Å². The number of amides is 2. The smallest absolute Gasteiger partial charge is 0.407 e. The molecule has 2 amide bonds. The Kier molecular flexibility index (Phi) is 11.2. The molecule has 1 atom stereocenters. The molecule has 37 heavy (non-hydrogen) atoms. The monoisotopic (exact) mass is 513 g/mol. The molecule has 8 heteroatoms. The molecule has 2 aliphatic rings. The van der Waals surface area contributed by atoms with Crippen LogP contribution in [0.15, 0.2) is 29.3 Å². The third-order valence-corrected chi connectivity index (χ3v) is 7.06. The topological polar surface area (TPSA) is 109 Å². The molecule has 1 aromatic rings. The number of piperidine rings is 1. The van der Waals surface area contributed by atoms with Crippen LogP contribution in [0.25, 0.3) is 0 Å². The number of nitrogens with two attached hydrogens (primary N) is 1. The molecule has 0 bridgehead atoms. The van der Waals surface area contributed by atoms with E-state index < -0.39 is 5.60 Å². The minimum atomic E-state index is -0.456. The van der Waals surface area contributed by atoms with Crippen molar-refractivity contribution in [1.29, 1.82) is 0 Å². The van der Waals surface area contributed by atoms with Crippen LogP contribution in [0.1, 0.15) is 103 Å². The molecule has 0 saturated carbocycles. The van der Waals surface area contributed by atoms with Gasteiger partial charge in [0.15, 0.2) is 0 Å². The van der Waals surface area contributed by atoms with Gasteiger partial charge in [0.05, 0.1) is 11.7 Å². The van der Waals surface area contributed by atoms with Crippen molar-refractivity contribution in [1.82, 2.24) is 10.6 Å². The molecule has 206 valence electrons. The van der Waals surface area contributed by atoms with Crippen molar-refractivity contribution < 1.29 is 14.3 Å². The summed E-state index contributed by atoms with van der Waals surface area (Å²) in [7, 11) is 0. The summed E-state index contributed by atoms with van der Waals surface area (Å²) >= 11 is 0. The van der Waals surface area contributed by atoms with E-state index in [0.717, 1.165) is 75.7 Å². The van der Waals surface area contributed by atoms with Crippen molar-refractivity contribution in [3.8, 4) is 0 Å². The number of nitrogens with zero attached hydrogens (tertiary/aromatic N) is 2. The normalized spacial score (nSPS) is 18.2. The lowest BCUT2D eigenvalue weighted by atomic mass is 9.84. The molecule has 1 unspecified atom stereocenters. The maximum absolute atomic E-state index is 13.1. The van der Waals surface area contributed by atoms with Crippen LogP contribution < -0.4 is 21.3 Å². The fourth-order valence-electron chi connectivity index (χ4n) is 5.19. The number of ether oxygens (including phenoxy) is 1. The maximum atomic E-state index is 13.1. The van der Waals surface area contributed by atoms with Crippen LogP contribution in [0.2, 0.25) is 0 Å². The largest absolute Gasteiger partial charge is 0.444 e. The van der Waals surface area contributed by atoms with E-state index in [1.807, 2.05) is 39.0 Å². The zero-order chi connectivity index (χ0) is 26.7. The van der Waals surface area contributed by atoms with E-state index in [0.29, 0.717) is 24.8 Å². The summed E-state index contributed by atoms with van der Waals surface area (Å²) in [4.78, 5) is 31.2. The van der Waals surface area contributed by atoms with Gasteiger partial charge in [0, 0.05) is 18.5 Å². The molecule has 4 N–H and O–H groups in total. The molecular formula is C29H47N5O3. The van der Waals surface area contributed by atoms with E-state index in [1.54, 1.807) is 4.90 Å². The van der Waals surface area contributed by atoms with Gasteiger partial charge < -0.3 is 21.1 Å². The number of hydrogen-bond donors (Lipinski definition) is 3. The Bertz CT molecular complexity index is 905. The maximum Gasteiger partial charge on any atom is 0.407 e. The summed E-state index contributed by atoms with van der Waals surface area (Å²) in [6, 6.07) is 8.16. The van der Waals surface area contributed by atoms with Crippen molar-refractivity contribution in [2.24, 2.45) is 16.6 Å². The van der Waals surface area contributed by atoms with Crippen LogP contribution in [0.4, 0.5) is 10.5 Å². The molecule has 0 radical (unpaired) electrons. The molecule has 2 aliphatic heterocycles. The van der Waals surface area contributed by atoms with Gasteiger partial charge in [-0.3, -0.25) is 9.69 Å². The van der Waals surface area contributed by atoms with Gasteiger partial charge >= 0.3 is 6.09 Å². The van der Waals surface area contributed by atoms with Gasteiger partial charge in [-0.05, 0) is 71.5 Å². The predicted octanol–water partition coefficient (Wildman–Crippen LogP) is 5.42. The van der Waals surface area contributed by atoms with Crippen LogP contribution >= 0.6 is 0 Å². The number of rotatable bonds is 12. The second-order valence-electron chi connectivity index (χ2n) is 11.3. The molecule has 0 spiro atoms. The number of anilines is 1. The molecule has 8 nitrogen and oxygen atoms in total. The Morgan fingerprint density at radius 2 is 1.65 bits per heavy atom. The summed E-state index contributed by atoms with van der Waals surface area (Å²) in [5.74, 6) is 0.836. The first-order chi connectivity index (χ1) is 17.8. The van der Waals surface area contributed by atoms with Gasteiger partial charge in [-0.1, -0.05) is 56.7 Å². The molecule has 0 aromatic heterocycles. The van der Waals surface area contributed by atoms with Crippen LogP contribution in [0, 0.1) is 5.92 Å². The van der Waals surface area contributed by atoms with E-state index in [-0.39, 0.29) is 18.0 Å². The fourth-order valence-corrected chi connectivity index (χ4v) is 5.19. The van der Waals surface area contributed by atoms with Gasteiger partial charge in [0.2, 0.25) is 11.9 Å². The Morgan fingerprint density at radius 1 is 1.03 bits per heavy atom. The highest BCUT2D eigenvalue weighted by Gasteiger charge is 2.34. The van der Waals surface area contributed by atoms with Crippen molar-refractivity contribution in [2.45, 2.75) is 103 Å². The number of para-hydroxylation sites is 1. The van der Waals surface area contributed by atoms with Crippen LogP contribution in [0.5, 0.6) is 0 Å². The molecular weight excluding hydrogens is 466 g/mol. The van der Waals surface area contributed by atoms with Crippen LogP contribution in [-0.4, -0.2) is 43.2 Å². The van der Waals surface area contributed by atoms with Crippen molar-refractivity contribution in [3.05, 3.63) is 29.8 Å². The third kappa shape index (κ3) is 9.33. The number of nitrogens with one attached hydrogen (secondary N) is 2. The minimum absolute atomic E-state index is 0.0370. The first-order valence-corrected chi connectivity index (χ1v) is 14.2. The summed E-state index contributed by atoms with van der Waals surface area (Å²) in [5, 5.41) is 6.22. The van der Waals surface area contributed by atoms with Crippen molar-refractivity contribution >= 4 is 23.6 Å². The Morgan fingerprint density at radius 3 is 2.32 bits per heavy atom. The molecule has 1 saturated heterocycles. The fraction of sp³-hybridized carbons (Fsp3) is 0.690. The highest BCUT2D eigenvalue weighted by Crippen LogP contribution is 2.40. The van der Waals surface area contributed by atoms with E-state index in [9.17, 15) is 9.59 Å². The van der Waals surface area contributed by atoms with Crippen molar-refractivity contribution in [2.75, 3.05) is 24.5 Å². The Balaban J connectivity index is 1.31. The third-order valence-electron chi connectivity index (χ3n) is 7.06. The van der Waals surface area contributed by atoms with Gasteiger partial charge in [-0.2, -0.15) is 0 Å². The van der Waals surface area contributed by atoms with Crippen LogP contribution in [0.3, 0.4) is 0 Å². The number of alkyl carbamates (subject to hydrolysis) is 1. The number of benzene rings is 1. The zero-order valence-electron chi connectivity index (χ0n) is 23.1. The zero-order valence-corrected chi connectivity index (χ0v) is 23.1. The number of carbonyl (C=O) groups excluding carboxylic acids is 2. The second kappa shape index (κ2) is 14.4. The van der Waals surface area contributed by atoms with Crippen LogP contribution in [-0.2, 0) is 9.53 Å². The number of aliphatic imine (C=N–C) groups is 1. The lowest BCUT2D eigenvalue weighted by molar-refractivity contribution is -0.117. The van der Waals surface area contributed by atoms with E-state index >= 15 is 0 Å². The molecule has 1 aromatic carbocycles. The molecule has 1 fully saturated rings. The Hall–Kier alpha value is -2.61. The Labute approximate surface area is 222 Å².